The number of nitrogens with zero attached hydrogens (tertiary/aromatic N) is 2. The molecule has 1 aliphatic rings. The molecule has 2 heterocycles. The molecular weight excluding hydrogens is 430 g/mol. The lowest BCUT2D eigenvalue weighted by atomic mass is 9.96. The molecule has 0 saturated heterocycles. The number of aromatic nitrogens is 1. The van der Waals surface area contributed by atoms with Crippen LogP contribution in [0.3, 0.4) is 0 Å². The highest BCUT2D eigenvalue weighted by Gasteiger charge is 2.20. The van der Waals surface area contributed by atoms with E-state index < -0.39 is 11.8 Å². The highest BCUT2D eigenvalue weighted by Crippen LogP contribution is 2.32. The number of benzene rings is 2. The molecule has 3 aromatic rings. The molecule has 0 unspecified atom stereocenters. The predicted molar refractivity (Wildman–Crippen MR) is 118 cm³/mol. The number of aromatic hydroxyl groups is 1. The first kappa shape index (κ1) is 22.4. The van der Waals surface area contributed by atoms with E-state index in [0.29, 0.717) is 40.2 Å². The van der Waals surface area contributed by atoms with Crippen LogP contribution in [0, 0.1) is 32.4 Å². The number of rotatable bonds is 6. The molecule has 0 spiro atoms. The average molecular weight is 452 g/mol. The second-order valence-electron chi connectivity index (χ2n) is 8.01. The van der Waals surface area contributed by atoms with Crippen molar-refractivity contribution in [3.63, 3.8) is 0 Å². The van der Waals surface area contributed by atoms with E-state index >= 15 is 4.39 Å². The van der Waals surface area contributed by atoms with Crippen molar-refractivity contribution >= 4 is 11.7 Å². The monoisotopic (exact) mass is 452 g/mol. The fourth-order valence-corrected chi connectivity index (χ4v) is 3.70. The molecule has 1 aromatic heterocycles. The number of hydrogen-bond donors (Lipinski definition) is 1. The normalized spacial score (nSPS) is 13.1. The summed E-state index contributed by atoms with van der Waals surface area (Å²) in [6.07, 6.45) is 0.359. The van der Waals surface area contributed by atoms with Crippen LogP contribution in [0.4, 0.5) is 8.78 Å². The van der Waals surface area contributed by atoms with Crippen LogP contribution < -0.4 is 4.74 Å². The third-order valence-corrected chi connectivity index (χ3v) is 5.56. The molecule has 0 saturated carbocycles. The molecule has 1 aliphatic heterocycles. The van der Waals surface area contributed by atoms with Crippen molar-refractivity contribution in [2.45, 2.75) is 33.6 Å². The molecule has 1 N–H and O–H groups in total. The maximum absolute atomic E-state index is 15.0. The van der Waals surface area contributed by atoms with E-state index in [1.165, 1.54) is 12.1 Å². The summed E-state index contributed by atoms with van der Waals surface area (Å²) in [5.41, 5.74) is 4.36. The van der Waals surface area contributed by atoms with E-state index in [0.717, 1.165) is 11.1 Å². The second-order valence-corrected chi connectivity index (χ2v) is 8.01. The number of ether oxygens (including phenoxy) is 1. The molecule has 0 radical (unpaired) electrons. The van der Waals surface area contributed by atoms with Crippen LogP contribution in [0.1, 0.15) is 34.4 Å². The molecule has 2 aromatic carbocycles. The quantitative estimate of drug-likeness (QED) is 0.537. The minimum Gasteiger partial charge on any atom is -0.506 e. The standard InChI is InChI=1S/C25H22F2N2O4/c1-13-9-22(32-12-18-11-23(31)33-29-18)24(27)15(3)19(13)10-17-5-7-21(30)25(28-17)16-4-6-20(26)14(2)8-16/h4-9,30H,10-12H2,1-3H3. The Labute approximate surface area is 189 Å². The smallest absolute Gasteiger partial charge is 0.340 e. The Bertz CT molecular complexity index is 1290. The van der Waals surface area contributed by atoms with E-state index in [2.05, 4.69) is 15.0 Å². The van der Waals surface area contributed by atoms with Crippen LogP contribution in [0.15, 0.2) is 41.6 Å². The SMILES string of the molecule is Cc1cc(-c2nc(Cc3c(C)cc(OCC4=NOC(=O)C4)c(F)c3C)ccc2O)ccc1F. The molecule has 0 fully saturated rings. The maximum atomic E-state index is 15.0. The summed E-state index contributed by atoms with van der Waals surface area (Å²) in [7, 11) is 0. The molecule has 8 heteroatoms. The van der Waals surface area contributed by atoms with Gasteiger partial charge < -0.3 is 14.7 Å². The van der Waals surface area contributed by atoms with Crippen LogP contribution in [0.2, 0.25) is 0 Å². The number of oxime groups is 1. The van der Waals surface area contributed by atoms with Gasteiger partial charge in [-0.1, -0.05) is 5.16 Å². The fourth-order valence-electron chi connectivity index (χ4n) is 3.70. The first-order valence-electron chi connectivity index (χ1n) is 10.3. The van der Waals surface area contributed by atoms with Crippen molar-refractivity contribution in [2.75, 3.05) is 6.61 Å². The van der Waals surface area contributed by atoms with Gasteiger partial charge in [-0.05, 0) is 79.4 Å². The number of aryl methyl sites for hydroxylation is 2. The highest BCUT2D eigenvalue weighted by molar-refractivity contribution is 6.02. The van der Waals surface area contributed by atoms with Crippen molar-refractivity contribution in [1.29, 1.82) is 0 Å². The van der Waals surface area contributed by atoms with Gasteiger partial charge in [-0.15, -0.1) is 0 Å². The lowest BCUT2D eigenvalue weighted by molar-refractivity contribution is -0.140. The largest absolute Gasteiger partial charge is 0.506 e. The molecular formula is C25H22F2N2O4. The van der Waals surface area contributed by atoms with Crippen molar-refractivity contribution < 1.29 is 28.3 Å². The van der Waals surface area contributed by atoms with E-state index in [1.807, 2.05) is 6.92 Å². The van der Waals surface area contributed by atoms with Crippen LogP contribution >= 0.6 is 0 Å². The summed E-state index contributed by atoms with van der Waals surface area (Å²) < 4.78 is 34.2. The summed E-state index contributed by atoms with van der Waals surface area (Å²) in [6.45, 7) is 5.11. The zero-order valence-electron chi connectivity index (χ0n) is 18.4. The van der Waals surface area contributed by atoms with E-state index in [-0.39, 0.29) is 30.3 Å². The van der Waals surface area contributed by atoms with Crippen LogP contribution in [-0.4, -0.2) is 28.4 Å². The Morgan fingerprint density at radius 1 is 1.09 bits per heavy atom. The molecule has 6 nitrogen and oxygen atoms in total. The minimum atomic E-state index is -0.505. The maximum Gasteiger partial charge on any atom is 0.340 e. The summed E-state index contributed by atoms with van der Waals surface area (Å²) in [5, 5.41) is 13.9. The first-order chi connectivity index (χ1) is 15.7. The number of halogens is 2. The third-order valence-electron chi connectivity index (χ3n) is 5.56. The zero-order chi connectivity index (χ0) is 23.7. The molecule has 0 atom stereocenters. The van der Waals surface area contributed by atoms with Gasteiger partial charge in [0.15, 0.2) is 11.6 Å². The van der Waals surface area contributed by atoms with Gasteiger partial charge in [-0.2, -0.15) is 0 Å². The number of pyridine rings is 1. The Morgan fingerprint density at radius 2 is 1.88 bits per heavy atom. The molecule has 33 heavy (non-hydrogen) atoms. The summed E-state index contributed by atoms with van der Waals surface area (Å²) >= 11 is 0. The van der Waals surface area contributed by atoms with E-state index in [1.54, 1.807) is 38.1 Å². The summed E-state index contributed by atoms with van der Waals surface area (Å²) in [4.78, 5) is 20.2. The van der Waals surface area contributed by atoms with Gasteiger partial charge in [0, 0.05) is 17.7 Å². The van der Waals surface area contributed by atoms with Crippen LogP contribution in [0.5, 0.6) is 11.5 Å². The Balaban J connectivity index is 1.59. The van der Waals surface area contributed by atoms with Crippen molar-refractivity contribution in [3.8, 4) is 22.8 Å². The minimum absolute atomic E-state index is 0.0228. The topological polar surface area (TPSA) is 81.0 Å². The average Bonchev–Trinajstić information content (AvgIpc) is 3.21. The zero-order valence-corrected chi connectivity index (χ0v) is 18.4. The molecule has 170 valence electrons. The van der Waals surface area contributed by atoms with Gasteiger partial charge >= 0.3 is 5.97 Å². The summed E-state index contributed by atoms with van der Waals surface area (Å²) in [5.74, 6) is -1.26. The number of hydrogen-bond acceptors (Lipinski definition) is 6. The Hall–Kier alpha value is -3.81. The Morgan fingerprint density at radius 3 is 2.58 bits per heavy atom. The number of carbonyl (C=O) groups is 1. The molecule has 0 bridgehead atoms. The predicted octanol–water partition coefficient (Wildman–Crippen LogP) is 4.93. The molecule has 0 aliphatic carbocycles. The van der Waals surface area contributed by atoms with Gasteiger partial charge in [0.1, 0.15) is 29.6 Å². The van der Waals surface area contributed by atoms with Gasteiger partial charge in [0.25, 0.3) is 0 Å². The van der Waals surface area contributed by atoms with E-state index in [9.17, 15) is 14.3 Å². The van der Waals surface area contributed by atoms with Crippen LogP contribution in [0.25, 0.3) is 11.3 Å². The van der Waals surface area contributed by atoms with Gasteiger partial charge in [-0.3, -0.25) is 0 Å². The van der Waals surface area contributed by atoms with Crippen molar-refractivity contribution in [2.24, 2.45) is 5.16 Å². The molecule has 0 amide bonds. The van der Waals surface area contributed by atoms with Gasteiger partial charge in [-0.25, -0.2) is 18.6 Å². The Kier molecular flexibility index (Phi) is 6.09. The third kappa shape index (κ3) is 4.69. The first-order valence-corrected chi connectivity index (χ1v) is 10.3. The van der Waals surface area contributed by atoms with E-state index in [4.69, 9.17) is 4.74 Å². The van der Waals surface area contributed by atoms with Crippen molar-refractivity contribution in [3.05, 3.63) is 76.0 Å². The second kappa shape index (κ2) is 8.97. The van der Waals surface area contributed by atoms with Gasteiger partial charge in [0.05, 0.1) is 6.42 Å². The lowest BCUT2D eigenvalue weighted by Gasteiger charge is -2.15. The van der Waals surface area contributed by atoms with Crippen LogP contribution in [-0.2, 0) is 16.1 Å². The lowest BCUT2D eigenvalue weighted by Crippen LogP contribution is -2.12. The summed E-state index contributed by atoms with van der Waals surface area (Å²) in [6, 6.07) is 9.31. The molecule has 4 rings (SSSR count). The van der Waals surface area contributed by atoms with Gasteiger partial charge in [0.2, 0.25) is 0 Å². The fraction of sp³-hybridized carbons (Fsp3) is 0.240. The highest BCUT2D eigenvalue weighted by atomic mass is 19.1. The van der Waals surface area contributed by atoms with Crippen molar-refractivity contribution in [1.82, 2.24) is 4.98 Å². The number of carbonyl (C=O) groups excluding carboxylic acids is 1.